The van der Waals surface area contributed by atoms with Gasteiger partial charge in [-0.05, 0) is 37.1 Å². The molecule has 1 N–H and O–H groups in total. The second kappa shape index (κ2) is 5.64. The third kappa shape index (κ3) is 3.06. The molecule has 84 valence electrons. The van der Waals surface area contributed by atoms with E-state index in [4.69, 9.17) is 10.00 Å². The lowest BCUT2D eigenvalue weighted by Crippen LogP contribution is -2.26. The van der Waals surface area contributed by atoms with E-state index >= 15 is 0 Å². The largest absolute Gasteiger partial charge is 0.375 e. The first-order valence-electron chi connectivity index (χ1n) is 5.68. The zero-order valence-electron chi connectivity index (χ0n) is 9.28. The van der Waals surface area contributed by atoms with Gasteiger partial charge in [0.05, 0.1) is 24.8 Å². The zero-order valence-corrected chi connectivity index (χ0v) is 9.28. The molecule has 0 spiro atoms. The van der Waals surface area contributed by atoms with Crippen LogP contribution in [-0.4, -0.2) is 19.2 Å². The van der Waals surface area contributed by atoms with Gasteiger partial charge < -0.3 is 10.1 Å². The topological polar surface area (TPSA) is 45.0 Å². The van der Waals surface area contributed by atoms with Gasteiger partial charge in [-0.1, -0.05) is 12.1 Å². The van der Waals surface area contributed by atoms with E-state index in [1.54, 1.807) is 0 Å². The first-order chi connectivity index (χ1) is 7.88. The van der Waals surface area contributed by atoms with Gasteiger partial charge >= 0.3 is 0 Å². The van der Waals surface area contributed by atoms with Crippen molar-refractivity contribution in [3.05, 3.63) is 35.4 Å². The highest BCUT2D eigenvalue weighted by molar-refractivity contribution is 5.31. The summed E-state index contributed by atoms with van der Waals surface area (Å²) in [5.41, 5.74) is 1.82. The second-order valence-corrected chi connectivity index (χ2v) is 4.12. The Morgan fingerprint density at radius 3 is 2.81 bits per heavy atom. The molecule has 1 fully saturated rings. The molecule has 1 aromatic carbocycles. The van der Waals surface area contributed by atoms with Gasteiger partial charge in [-0.3, -0.25) is 0 Å². The highest BCUT2D eigenvalue weighted by Gasteiger charge is 2.13. The summed E-state index contributed by atoms with van der Waals surface area (Å²) in [5, 5.41) is 12.1. The lowest BCUT2D eigenvalue weighted by atomic mass is 10.1. The maximum absolute atomic E-state index is 8.66. The minimum atomic E-state index is 0.526. The Hall–Kier alpha value is -1.37. The van der Waals surface area contributed by atoms with Crippen LogP contribution in [0.4, 0.5) is 0 Å². The Balaban J connectivity index is 1.74. The molecule has 0 saturated carbocycles. The molecule has 1 aromatic rings. The Morgan fingerprint density at radius 2 is 2.19 bits per heavy atom. The Kier molecular flexibility index (Phi) is 3.92. The highest BCUT2D eigenvalue weighted by Crippen LogP contribution is 2.08. The van der Waals surface area contributed by atoms with Gasteiger partial charge in [0.2, 0.25) is 0 Å². The fourth-order valence-corrected chi connectivity index (χ4v) is 1.89. The van der Waals surface area contributed by atoms with Crippen LogP contribution in [-0.2, 0) is 11.3 Å². The van der Waals surface area contributed by atoms with E-state index in [-0.39, 0.29) is 0 Å². The van der Waals surface area contributed by atoms with Crippen LogP contribution >= 0.6 is 0 Å². The zero-order chi connectivity index (χ0) is 11.2. The van der Waals surface area contributed by atoms with Crippen LogP contribution in [0.15, 0.2) is 24.3 Å². The molecule has 2 rings (SSSR count). The molecule has 1 aliphatic heterocycles. The molecule has 3 nitrogen and oxygen atoms in total. The fourth-order valence-electron chi connectivity index (χ4n) is 1.89. The van der Waals surface area contributed by atoms with Crippen LogP contribution in [0.25, 0.3) is 0 Å². The number of nitrogens with one attached hydrogen (secondary N) is 1. The average Bonchev–Trinajstić information content (AvgIpc) is 2.83. The molecule has 3 heteroatoms. The van der Waals surface area contributed by atoms with Crippen molar-refractivity contribution in [3.63, 3.8) is 0 Å². The van der Waals surface area contributed by atoms with Crippen molar-refractivity contribution in [2.45, 2.75) is 25.5 Å². The molecule has 0 radical (unpaired) electrons. The van der Waals surface area contributed by atoms with Crippen LogP contribution in [0.5, 0.6) is 0 Å². The first kappa shape index (κ1) is 11.1. The van der Waals surface area contributed by atoms with Gasteiger partial charge in [-0.2, -0.15) is 5.26 Å². The van der Waals surface area contributed by atoms with Crippen molar-refractivity contribution in [2.24, 2.45) is 0 Å². The van der Waals surface area contributed by atoms with E-state index < -0.39 is 0 Å². The number of hydrogen-bond donors (Lipinski definition) is 1. The summed E-state index contributed by atoms with van der Waals surface area (Å²) in [4.78, 5) is 0. The van der Waals surface area contributed by atoms with Crippen LogP contribution in [0, 0.1) is 11.3 Å². The van der Waals surface area contributed by atoms with Crippen molar-refractivity contribution >= 4 is 0 Å². The lowest BCUT2D eigenvalue weighted by molar-refractivity contribution is 0.103. The summed E-state index contributed by atoms with van der Waals surface area (Å²) in [6.07, 6.45) is 2.47. The van der Waals surface area contributed by atoms with Gasteiger partial charge in [0, 0.05) is 6.04 Å². The number of hydrogen-bond acceptors (Lipinski definition) is 3. The van der Waals surface area contributed by atoms with E-state index in [1.165, 1.54) is 12.8 Å². The van der Waals surface area contributed by atoms with Crippen molar-refractivity contribution in [1.29, 1.82) is 5.26 Å². The Bertz CT molecular complexity index is 361. The van der Waals surface area contributed by atoms with Gasteiger partial charge in [0.1, 0.15) is 0 Å². The minimum absolute atomic E-state index is 0.526. The molecule has 1 saturated heterocycles. The summed E-state index contributed by atoms with van der Waals surface area (Å²) in [6, 6.07) is 10.2. The summed E-state index contributed by atoms with van der Waals surface area (Å²) in [5.74, 6) is 0. The van der Waals surface area contributed by atoms with Crippen LogP contribution in [0.1, 0.15) is 24.0 Å². The fraction of sp³-hybridized carbons (Fsp3) is 0.462. The van der Waals surface area contributed by atoms with Crippen molar-refractivity contribution in [2.75, 3.05) is 13.2 Å². The molecule has 1 aliphatic rings. The number of nitrogens with zero attached hydrogens (tertiary/aromatic N) is 1. The predicted octanol–water partition coefficient (Wildman–Crippen LogP) is 1.83. The molecular formula is C13H16N2O. The van der Waals surface area contributed by atoms with Crippen LogP contribution in [0.3, 0.4) is 0 Å². The molecule has 16 heavy (non-hydrogen) atoms. The van der Waals surface area contributed by atoms with Crippen molar-refractivity contribution in [3.8, 4) is 6.07 Å². The molecule has 0 amide bonds. The number of rotatable bonds is 4. The van der Waals surface area contributed by atoms with Gasteiger partial charge in [0.15, 0.2) is 0 Å². The summed E-state index contributed by atoms with van der Waals surface area (Å²) < 4.78 is 5.63. The number of ether oxygens (including phenoxy) is 1. The van der Waals surface area contributed by atoms with Gasteiger partial charge in [0.25, 0.3) is 0 Å². The molecule has 0 unspecified atom stereocenters. The standard InChI is InChI=1S/C13H16N2O/c14-8-11-3-5-12(6-4-11)9-16-10-13-2-1-7-15-13/h3-6,13,15H,1-2,7,9-10H2/t13-/m1/s1. The van der Waals surface area contributed by atoms with Crippen molar-refractivity contribution in [1.82, 2.24) is 5.32 Å². The second-order valence-electron chi connectivity index (χ2n) is 4.12. The van der Waals surface area contributed by atoms with Gasteiger partial charge in [-0.15, -0.1) is 0 Å². The van der Waals surface area contributed by atoms with Crippen LogP contribution in [0.2, 0.25) is 0 Å². The normalized spacial score (nSPS) is 19.6. The quantitative estimate of drug-likeness (QED) is 0.835. The average molecular weight is 216 g/mol. The van der Waals surface area contributed by atoms with E-state index in [0.29, 0.717) is 18.2 Å². The van der Waals surface area contributed by atoms with Crippen molar-refractivity contribution < 1.29 is 4.74 Å². The summed E-state index contributed by atoms with van der Waals surface area (Å²) >= 11 is 0. The van der Waals surface area contributed by atoms with E-state index in [0.717, 1.165) is 18.7 Å². The molecule has 0 bridgehead atoms. The number of nitriles is 1. The molecular weight excluding hydrogens is 200 g/mol. The van der Waals surface area contributed by atoms with Crippen LogP contribution < -0.4 is 5.32 Å². The molecule has 1 heterocycles. The van der Waals surface area contributed by atoms with E-state index in [2.05, 4.69) is 11.4 Å². The maximum Gasteiger partial charge on any atom is 0.0991 e. The molecule has 1 atom stereocenters. The third-order valence-corrected chi connectivity index (χ3v) is 2.83. The SMILES string of the molecule is N#Cc1ccc(COC[C@H]2CCCN2)cc1. The Morgan fingerprint density at radius 1 is 1.38 bits per heavy atom. The Labute approximate surface area is 96.0 Å². The van der Waals surface area contributed by atoms with E-state index in [9.17, 15) is 0 Å². The monoisotopic (exact) mass is 216 g/mol. The summed E-state index contributed by atoms with van der Waals surface area (Å²) in [7, 11) is 0. The smallest absolute Gasteiger partial charge is 0.0991 e. The van der Waals surface area contributed by atoms with E-state index in [1.807, 2.05) is 24.3 Å². The molecule has 0 aromatic heterocycles. The third-order valence-electron chi connectivity index (χ3n) is 2.83. The minimum Gasteiger partial charge on any atom is -0.375 e. The first-order valence-corrected chi connectivity index (χ1v) is 5.68. The lowest BCUT2D eigenvalue weighted by Gasteiger charge is -2.10. The predicted molar refractivity (Wildman–Crippen MR) is 61.8 cm³/mol. The molecule has 0 aliphatic carbocycles. The van der Waals surface area contributed by atoms with Gasteiger partial charge in [-0.25, -0.2) is 0 Å². The summed E-state index contributed by atoms with van der Waals surface area (Å²) in [6.45, 7) is 2.52. The highest BCUT2D eigenvalue weighted by atomic mass is 16.5. The number of benzene rings is 1. The maximum atomic E-state index is 8.66.